The number of nitrogens with two attached hydrogens (primary N) is 1. The van der Waals surface area contributed by atoms with Crippen LogP contribution in [0.25, 0.3) is 0 Å². The smallest absolute Gasteiger partial charge is 0.136 e. The van der Waals surface area contributed by atoms with Gasteiger partial charge in [0.05, 0.1) is 18.2 Å². The highest BCUT2D eigenvalue weighted by atomic mass is 79.9. The van der Waals surface area contributed by atoms with Crippen LogP contribution in [0.4, 0.5) is 0 Å². The molecule has 1 aromatic rings. The van der Waals surface area contributed by atoms with Crippen LogP contribution in [0.2, 0.25) is 0 Å². The van der Waals surface area contributed by atoms with Gasteiger partial charge in [0.1, 0.15) is 5.75 Å². The lowest BCUT2D eigenvalue weighted by molar-refractivity contribution is 0.126. The highest BCUT2D eigenvalue weighted by molar-refractivity contribution is 9.10. The Bertz CT molecular complexity index is 304. The summed E-state index contributed by atoms with van der Waals surface area (Å²) in [6.45, 7) is 2.52. The van der Waals surface area contributed by atoms with Gasteiger partial charge in [-0.15, -0.1) is 0 Å². The van der Waals surface area contributed by atoms with Crippen molar-refractivity contribution >= 4 is 15.9 Å². The zero-order valence-electron chi connectivity index (χ0n) is 8.29. The van der Waals surface area contributed by atoms with Crippen molar-refractivity contribution in [2.45, 2.75) is 12.8 Å². The summed E-state index contributed by atoms with van der Waals surface area (Å²) in [6.07, 6.45) is 0. The number of hydrogen-bond acceptors (Lipinski definition) is 3. The minimum atomic E-state index is 0.215. The van der Waals surface area contributed by atoms with E-state index >= 15 is 0 Å². The summed E-state index contributed by atoms with van der Waals surface area (Å²) < 4.78 is 6.25. The maximum Gasteiger partial charge on any atom is 0.136 e. The molecule has 0 bridgehead atoms. The first kappa shape index (κ1) is 11.5. The fourth-order valence-corrected chi connectivity index (χ4v) is 1.91. The number of benzene rings is 1. The van der Waals surface area contributed by atoms with E-state index in [0.717, 1.165) is 15.8 Å². The second kappa shape index (κ2) is 5.34. The number of halogens is 1. The molecule has 0 aliphatic heterocycles. The van der Waals surface area contributed by atoms with E-state index in [1.165, 1.54) is 0 Å². The highest BCUT2D eigenvalue weighted by Gasteiger charge is 2.13. The van der Waals surface area contributed by atoms with Gasteiger partial charge in [-0.1, -0.05) is 19.1 Å². The predicted molar refractivity (Wildman–Crippen MR) is 59.2 cm³/mol. The van der Waals surface area contributed by atoms with Gasteiger partial charge in [-0.2, -0.15) is 0 Å². The standard InChI is InChI=1S/C10H14BrNO2/c1-7(6-14-12)8-4-3-5-9(11)10(8)13-2/h3-5,7H,6,12H2,1-2H3. The Morgan fingerprint density at radius 2 is 2.21 bits per heavy atom. The number of methoxy groups -OCH3 is 1. The molecule has 14 heavy (non-hydrogen) atoms. The zero-order chi connectivity index (χ0) is 10.6. The fourth-order valence-electron chi connectivity index (χ4n) is 1.36. The van der Waals surface area contributed by atoms with Gasteiger partial charge in [-0.3, -0.25) is 0 Å². The van der Waals surface area contributed by atoms with Crippen LogP contribution in [0.5, 0.6) is 5.75 Å². The first-order valence-corrected chi connectivity index (χ1v) is 5.14. The average Bonchev–Trinajstić information content (AvgIpc) is 2.17. The van der Waals surface area contributed by atoms with Crippen LogP contribution in [0.1, 0.15) is 18.4 Å². The molecule has 2 N–H and O–H groups in total. The van der Waals surface area contributed by atoms with E-state index < -0.39 is 0 Å². The lowest BCUT2D eigenvalue weighted by Gasteiger charge is -2.15. The molecular weight excluding hydrogens is 246 g/mol. The lowest BCUT2D eigenvalue weighted by atomic mass is 10.0. The Kier molecular flexibility index (Phi) is 4.38. The topological polar surface area (TPSA) is 44.5 Å². The minimum absolute atomic E-state index is 0.215. The molecule has 0 aromatic heterocycles. The van der Waals surface area contributed by atoms with Crippen molar-refractivity contribution in [3.05, 3.63) is 28.2 Å². The van der Waals surface area contributed by atoms with Crippen LogP contribution in [0.3, 0.4) is 0 Å². The second-order valence-corrected chi connectivity index (χ2v) is 3.95. The normalized spacial score (nSPS) is 12.6. The predicted octanol–water partition coefficient (Wildman–Crippen LogP) is 2.45. The maximum absolute atomic E-state index is 5.30. The third-order valence-electron chi connectivity index (χ3n) is 2.08. The molecule has 0 radical (unpaired) electrons. The zero-order valence-corrected chi connectivity index (χ0v) is 9.87. The van der Waals surface area contributed by atoms with E-state index in [-0.39, 0.29) is 5.92 Å². The molecule has 0 fully saturated rings. The first-order valence-electron chi connectivity index (χ1n) is 4.34. The van der Waals surface area contributed by atoms with Crippen LogP contribution in [-0.4, -0.2) is 13.7 Å². The Labute approximate surface area is 92.3 Å². The average molecular weight is 260 g/mol. The van der Waals surface area contributed by atoms with E-state index in [1.807, 2.05) is 25.1 Å². The molecule has 0 spiro atoms. The number of rotatable bonds is 4. The highest BCUT2D eigenvalue weighted by Crippen LogP contribution is 2.33. The number of hydrogen-bond donors (Lipinski definition) is 1. The molecule has 0 aliphatic rings. The summed E-state index contributed by atoms with van der Waals surface area (Å²) in [5.74, 6) is 6.10. The van der Waals surface area contributed by atoms with Crippen molar-refractivity contribution in [3.8, 4) is 5.75 Å². The van der Waals surface area contributed by atoms with Crippen molar-refractivity contribution in [3.63, 3.8) is 0 Å². The van der Waals surface area contributed by atoms with E-state index in [2.05, 4.69) is 20.8 Å². The second-order valence-electron chi connectivity index (χ2n) is 3.10. The largest absolute Gasteiger partial charge is 0.495 e. The maximum atomic E-state index is 5.30. The fraction of sp³-hybridized carbons (Fsp3) is 0.400. The van der Waals surface area contributed by atoms with Crippen LogP contribution in [-0.2, 0) is 4.84 Å². The Morgan fingerprint density at radius 1 is 1.50 bits per heavy atom. The molecule has 0 saturated carbocycles. The summed E-state index contributed by atoms with van der Waals surface area (Å²) in [7, 11) is 1.65. The summed E-state index contributed by atoms with van der Waals surface area (Å²) in [5.41, 5.74) is 1.09. The van der Waals surface area contributed by atoms with E-state index in [1.54, 1.807) is 7.11 Å². The van der Waals surface area contributed by atoms with Gasteiger partial charge in [0.15, 0.2) is 0 Å². The van der Waals surface area contributed by atoms with Crippen LogP contribution in [0.15, 0.2) is 22.7 Å². The molecule has 78 valence electrons. The third-order valence-corrected chi connectivity index (χ3v) is 2.70. The summed E-state index contributed by atoms with van der Waals surface area (Å²) in [5, 5.41) is 0. The molecule has 0 aliphatic carbocycles. The molecule has 0 saturated heterocycles. The van der Waals surface area contributed by atoms with Gasteiger partial charge in [0.2, 0.25) is 0 Å². The van der Waals surface area contributed by atoms with Crippen molar-refractivity contribution in [2.24, 2.45) is 5.90 Å². The monoisotopic (exact) mass is 259 g/mol. The number of ether oxygens (including phenoxy) is 1. The molecule has 3 nitrogen and oxygen atoms in total. The SMILES string of the molecule is COc1c(Br)cccc1C(C)CON. The molecule has 4 heteroatoms. The molecule has 1 atom stereocenters. The molecule has 0 heterocycles. The summed E-state index contributed by atoms with van der Waals surface area (Å²) >= 11 is 3.43. The number of para-hydroxylation sites is 1. The van der Waals surface area contributed by atoms with Crippen LogP contribution >= 0.6 is 15.9 Å². The molecule has 1 unspecified atom stereocenters. The van der Waals surface area contributed by atoms with Gasteiger partial charge in [0, 0.05) is 11.5 Å². The molecule has 0 amide bonds. The Hall–Kier alpha value is -0.580. The summed E-state index contributed by atoms with van der Waals surface area (Å²) in [4.78, 5) is 4.63. The first-order chi connectivity index (χ1) is 6.70. The van der Waals surface area contributed by atoms with Gasteiger partial charge in [-0.05, 0) is 22.0 Å². The van der Waals surface area contributed by atoms with E-state index in [4.69, 9.17) is 10.6 Å². The quantitative estimate of drug-likeness (QED) is 0.846. The molecular formula is C10H14BrNO2. The van der Waals surface area contributed by atoms with Crippen LogP contribution < -0.4 is 10.6 Å². The van der Waals surface area contributed by atoms with Crippen molar-refractivity contribution in [2.75, 3.05) is 13.7 Å². The van der Waals surface area contributed by atoms with Gasteiger partial charge in [0.25, 0.3) is 0 Å². The van der Waals surface area contributed by atoms with Gasteiger partial charge >= 0.3 is 0 Å². The van der Waals surface area contributed by atoms with Gasteiger partial charge < -0.3 is 9.57 Å². The Morgan fingerprint density at radius 3 is 2.79 bits per heavy atom. The summed E-state index contributed by atoms with van der Waals surface area (Å²) in [6, 6.07) is 5.92. The Balaban J connectivity index is 3.00. The van der Waals surface area contributed by atoms with Crippen LogP contribution in [0, 0.1) is 0 Å². The lowest BCUT2D eigenvalue weighted by Crippen LogP contribution is -2.09. The van der Waals surface area contributed by atoms with E-state index in [9.17, 15) is 0 Å². The van der Waals surface area contributed by atoms with Crippen molar-refractivity contribution in [1.82, 2.24) is 0 Å². The molecule has 1 rings (SSSR count). The molecule has 1 aromatic carbocycles. The van der Waals surface area contributed by atoms with Gasteiger partial charge in [-0.25, -0.2) is 5.90 Å². The van der Waals surface area contributed by atoms with Crippen molar-refractivity contribution in [1.29, 1.82) is 0 Å². The third kappa shape index (κ3) is 2.47. The van der Waals surface area contributed by atoms with E-state index in [0.29, 0.717) is 6.61 Å². The van der Waals surface area contributed by atoms with Crippen molar-refractivity contribution < 1.29 is 9.57 Å². The minimum Gasteiger partial charge on any atom is -0.495 e.